The smallest absolute Gasteiger partial charge is 0.276 e. The molecule has 7 nitrogen and oxygen atoms in total. The zero-order chi connectivity index (χ0) is 19.3. The minimum absolute atomic E-state index is 0.0430. The lowest BCUT2D eigenvalue weighted by Crippen LogP contribution is -2.38. The minimum Gasteiger partial charge on any atom is -0.342 e. The third-order valence-corrected chi connectivity index (χ3v) is 6.25. The van der Waals surface area contributed by atoms with E-state index >= 15 is 0 Å². The van der Waals surface area contributed by atoms with Gasteiger partial charge in [0.05, 0.1) is 6.20 Å². The largest absolute Gasteiger partial charge is 0.342 e. The van der Waals surface area contributed by atoms with Gasteiger partial charge in [-0.3, -0.25) is 14.3 Å². The molecule has 2 aliphatic heterocycles. The minimum atomic E-state index is -0.0430. The number of hydrogen-bond donors (Lipinski definition) is 0. The Morgan fingerprint density at radius 3 is 2.75 bits per heavy atom. The van der Waals surface area contributed by atoms with E-state index < -0.39 is 0 Å². The number of thioether (sulfide) groups is 1. The highest BCUT2D eigenvalue weighted by Gasteiger charge is 2.30. The van der Waals surface area contributed by atoms with Gasteiger partial charge in [0.1, 0.15) is 0 Å². The fourth-order valence-corrected chi connectivity index (χ4v) is 4.68. The van der Waals surface area contributed by atoms with Gasteiger partial charge in [0.2, 0.25) is 5.91 Å². The van der Waals surface area contributed by atoms with Crippen LogP contribution in [0.5, 0.6) is 0 Å². The number of carbonyl (C=O) groups is 2. The molecule has 0 bridgehead atoms. The average molecular weight is 400 g/mol. The summed E-state index contributed by atoms with van der Waals surface area (Å²) in [6, 6.07) is 10.2. The lowest BCUT2D eigenvalue weighted by atomic mass is 10.1. The Kier molecular flexibility index (Phi) is 5.95. The summed E-state index contributed by atoms with van der Waals surface area (Å²) in [5.74, 6) is 2.31. The van der Waals surface area contributed by atoms with Gasteiger partial charge in [0.15, 0.2) is 5.69 Å². The van der Waals surface area contributed by atoms with Crippen LogP contribution in [0.2, 0.25) is 0 Å². The van der Waals surface area contributed by atoms with E-state index in [1.807, 2.05) is 39.8 Å². The van der Waals surface area contributed by atoms with Crippen molar-refractivity contribution in [3.8, 4) is 0 Å². The highest BCUT2D eigenvalue weighted by atomic mass is 32.2. The molecule has 2 aliphatic rings. The van der Waals surface area contributed by atoms with Crippen molar-refractivity contribution in [2.45, 2.75) is 19.4 Å². The number of amides is 2. The molecule has 1 unspecified atom stereocenters. The maximum absolute atomic E-state index is 12.5. The number of aromatic nitrogens is 3. The Balaban J connectivity index is 1.29. The normalized spacial score (nSPS) is 20.0. The summed E-state index contributed by atoms with van der Waals surface area (Å²) in [7, 11) is 0. The van der Waals surface area contributed by atoms with Gasteiger partial charge in [-0.05, 0) is 12.0 Å². The molecule has 0 spiro atoms. The molecule has 2 saturated heterocycles. The van der Waals surface area contributed by atoms with E-state index in [0.29, 0.717) is 18.7 Å². The Morgan fingerprint density at radius 1 is 1.18 bits per heavy atom. The lowest BCUT2D eigenvalue weighted by molar-refractivity contribution is -0.127. The molecule has 0 aliphatic carbocycles. The second kappa shape index (κ2) is 8.77. The third kappa shape index (κ3) is 4.55. The summed E-state index contributed by atoms with van der Waals surface area (Å²) in [5.41, 5.74) is 1.64. The van der Waals surface area contributed by atoms with Crippen molar-refractivity contribution in [2.24, 2.45) is 5.92 Å². The fraction of sp³-hybridized carbons (Fsp3) is 0.500. The first-order valence-electron chi connectivity index (χ1n) is 9.78. The van der Waals surface area contributed by atoms with Crippen molar-refractivity contribution in [1.82, 2.24) is 24.8 Å². The van der Waals surface area contributed by atoms with Crippen LogP contribution in [0.3, 0.4) is 0 Å². The van der Waals surface area contributed by atoms with Crippen molar-refractivity contribution in [1.29, 1.82) is 0 Å². The van der Waals surface area contributed by atoms with E-state index in [1.165, 1.54) is 5.56 Å². The molecular formula is C20H25N5O2S. The molecule has 1 aromatic carbocycles. The predicted octanol–water partition coefficient (Wildman–Crippen LogP) is 1.56. The van der Waals surface area contributed by atoms with Crippen LogP contribution in [0.1, 0.15) is 22.5 Å². The van der Waals surface area contributed by atoms with E-state index in [0.717, 1.165) is 44.1 Å². The van der Waals surface area contributed by atoms with E-state index in [1.54, 1.807) is 10.9 Å². The molecule has 1 atom stereocenters. The van der Waals surface area contributed by atoms with E-state index in [4.69, 9.17) is 0 Å². The fourth-order valence-electron chi connectivity index (χ4n) is 3.78. The monoisotopic (exact) mass is 399 g/mol. The molecule has 2 amide bonds. The lowest BCUT2D eigenvalue weighted by Gasteiger charge is -2.25. The first-order chi connectivity index (χ1) is 13.7. The Labute approximate surface area is 169 Å². The van der Waals surface area contributed by atoms with Crippen LogP contribution >= 0.6 is 11.8 Å². The van der Waals surface area contributed by atoms with Gasteiger partial charge in [0, 0.05) is 56.6 Å². The number of likely N-dealkylation sites (tertiary alicyclic amines) is 1. The van der Waals surface area contributed by atoms with E-state index in [2.05, 4.69) is 22.4 Å². The summed E-state index contributed by atoms with van der Waals surface area (Å²) in [5, 5.41) is 8.19. The second-order valence-electron chi connectivity index (χ2n) is 7.38. The molecule has 1 aromatic heterocycles. The van der Waals surface area contributed by atoms with Crippen molar-refractivity contribution < 1.29 is 9.59 Å². The van der Waals surface area contributed by atoms with Crippen molar-refractivity contribution in [3.05, 3.63) is 47.8 Å². The molecule has 28 heavy (non-hydrogen) atoms. The van der Waals surface area contributed by atoms with Crippen LogP contribution in [0.4, 0.5) is 0 Å². The van der Waals surface area contributed by atoms with Gasteiger partial charge < -0.3 is 9.80 Å². The number of benzene rings is 1. The third-order valence-electron chi connectivity index (χ3n) is 5.31. The van der Waals surface area contributed by atoms with Crippen molar-refractivity contribution >= 4 is 23.6 Å². The second-order valence-corrected chi connectivity index (χ2v) is 8.60. The maximum atomic E-state index is 12.5. The van der Waals surface area contributed by atoms with Crippen LogP contribution < -0.4 is 0 Å². The van der Waals surface area contributed by atoms with Crippen LogP contribution in [0, 0.1) is 5.92 Å². The summed E-state index contributed by atoms with van der Waals surface area (Å²) in [6.45, 7) is 3.63. The molecule has 3 heterocycles. The SMILES string of the molecule is O=C1CC(Cn2cc(C(=O)N3CCSCC3)nn2)CN1CCc1ccccc1. The molecule has 2 fully saturated rings. The van der Waals surface area contributed by atoms with Gasteiger partial charge in [-0.1, -0.05) is 35.5 Å². The van der Waals surface area contributed by atoms with Gasteiger partial charge in [-0.25, -0.2) is 0 Å². The van der Waals surface area contributed by atoms with Crippen LogP contribution in [0.25, 0.3) is 0 Å². The summed E-state index contributed by atoms with van der Waals surface area (Å²) < 4.78 is 1.71. The standard InChI is InChI=1S/C20H25N5O2S/c26-19-12-17(13-24(19)7-6-16-4-2-1-3-5-16)14-25-15-18(21-22-25)20(27)23-8-10-28-11-9-23/h1-5,15,17H,6-14H2. The molecule has 0 saturated carbocycles. The zero-order valence-electron chi connectivity index (χ0n) is 15.9. The zero-order valence-corrected chi connectivity index (χ0v) is 16.7. The number of rotatable bonds is 6. The van der Waals surface area contributed by atoms with Gasteiger partial charge in [-0.15, -0.1) is 5.10 Å². The van der Waals surface area contributed by atoms with Crippen LogP contribution in [-0.2, 0) is 17.8 Å². The van der Waals surface area contributed by atoms with Gasteiger partial charge in [-0.2, -0.15) is 11.8 Å². The Bertz CT molecular complexity index is 819. The summed E-state index contributed by atoms with van der Waals surface area (Å²) in [4.78, 5) is 28.6. The number of hydrogen-bond acceptors (Lipinski definition) is 5. The Hall–Kier alpha value is -2.35. The van der Waals surface area contributed by atoms with Crippen molar-refractivity contribution in [3.63, 3.8) is 0 Å². The van der Waals surface area contributed by atoms with Gasteiger partial charge >= 0.3 is 0 Å². The summed E-state index contributed by atoms with van der Waals surface area (Å²) >= 11 is 1.87. The average Bonchev–Trinajstić information content (AvgIpc) is 3.34. The van der Waals surface area contributed by atoms with E-state index in [-0.39, 0.29) is 17.7 Å². The topological polar surface area (TPSA) is 71.3 Å². The first kappa shape index (κ1) is 19.0. The molecule has 8 heteroatoms. The predicted molar refractivity (Wildman–Crippen MR) is 108 cm³/mol. The molecule has 2 aromatic rings. The van der Waals surface area contributed by atoms with Gasteiger partial charge in [0.25, 0.3) is 5.91 Å². The highest BCUT2D eigenvalue weighted by molar-refractivity contribution is 7.99. The highest BCUT2D eigenvalue weighted by Crippen LogP contribution is 2.20. The molecule has 0 radical (unpaired) electrons. The molecule has 4 rings (SSSR count). The molecule has 148 valence electrons. The number of nitrogens with zero attached hydrogens (tertiary/aromatic N) is 5. The quantitative estimate of drug-likeness (QED) is 0.737. The number of carbonyl (C=O) groups excluding carboxylic acids is 2. The molecule has 0 N–H and O–H groups in total. The van der Waals surface area contributed by atoms with Crippen molar-refractivity contribution in [2.75, 3.05) is 37.7 Å². The van der Waals surface area contributed by atoms with Crippen LogP contribution in [-0.4, -0.2) is 74.3 Å². The van der Waals surface area contributed by atoms with E-state index in [9.17, 15) is 9.59 Å². The molecular weight excluding hydrogens is 374 g/mol. The Morgan fingerprint density at radius 2 is 1.96 bits per heavy atom. The summed E-state index contributed by atoms with van der Waals surface area (Å²) in [6.07, 6.45) is 3.12. The first-order valence-corrected chi connectivity index (χ1v) is 10.9. The van der Waals surface area contributed by atoms with Crippen LogP contribution in [0.15, 0.2) is 36.5 Å². The maximum Gasteiger partial charge on any atom is 0.276 e.